The molecule has 0 atom stereocenters. The van der Waals surface area contributed by atoms with Gasteiger partial charge < -0.3 is 4.42 Å². The number of fused-ring (bicyclic) bond motifs is 4. The average molecular weight is 678 g/mol. The van der Waals surface area contributed by atoms with E-state index >= 15 is 0 Å². The molecule has 10 rings (SSSR count). The normalized spacial score (nSPS) is 11.4. The molecule has 0 spiro atoms. The minimum Gasteiger partial charge on any atom is -0.456 e. The standard InChI is InChI=1S/C49H31N3O/c1-4-11-32(12-5-1)38-25-23-35-24-26-39(30-41(35)29-38)33-19-21-34(22-20-33)40-27-28-44-43(31-40)46-42(17-10-18-45(46)53-44)49-51-47(36-13-6-2-7-14-36)50-48(52-49)37-15-8-3-9-16-37/h1-31H. The number of furan rings is 1. The molecular formula is C49H31N3O. The zero-order valence-corrected chi connectivity index (χ0v) is 28.6. The molecule has 2 heterocycles. The molecule has 2 aromatic heterocycles. The first-order chi connectivity index (χ1) is 26.2. The van der Waals surface area contributed by atoms with Crippen LogP contribution < -0.4 is 0 Å². The Morgan fingerprint density at radius 2 is 0.774 bits per heavy atom. The van der Waals surface area contributed by atoms with E-state index in [9.17, 15) is 0 Å². The monoisotopic (exact) mass is 677 g/mol. The van der Waals surface area contributed by atoms with Crippen LogP contribution in [0.5, 0.6) is 0 Å². The minimum atomic E-state index is 0.604. The van der Waals surface area contributed by atoms with Crippen molar-refractivity contribution in [3.05, 3.63) is 188 Å². The van der Waals surface area contributed by atoms with E-state index in [1.807, 2.05) is 72.8 Å². The van der Waals surface area contributed by atoms with Crippen molar-refractivity contribution in [3.63, 3.8) is 0 Å². The second-order valence-corrected chi connectivity index (χ2v) is 13.3. The Morgan fingerprint density at radius 3 is 1.36 bits per heavy atom. The number of nitrogens with zero attached hydrogens (tertiary/aromatic N) is 3. The summed E-state index contributed by atoms with van der Waals surface area (Å²) in [6, 6.07) is 65.4. The van der Waals surface area contributed by atoms with Crippen LogP contribution in [-0.2, 0) is 0 Å². The van der Waals surface area contributed by atoms with Gasteiger partial charge in [-0.2, -0.15) is 0 Å². The molecule has 0 amide bonds. The van der Waals surface area contributed by atoms with Crippen LogP contribution >= 0.6 is 0 Å². The summed E-state index contributed by atoms with van der Waals surface area (Å²) in [5, 5.41) is 4.46. The average Bonchev–Trinajstić information content (AvgIpc) is 3.62. The van der Waals surface area contributed by atoms with Gasteiger partial charge in [-0.3, -0.25) is 0 Å². The fourth-order valence-corrected chi connectivity index (χ4v) is 7.21. The fourth-order valence-electron chi connectivity index (χ4n) is 7.21. The zero-order chi connectivity index (χ0) is 35.1. The molecule has 0 aliphatic carbocycles. The molecule has 248 valence electrons. The van der Waals surface area contributed by atoms with Gasteiger partial charge in [-0.1, -0.05) is 158 Å². The highest BCUT2D eigenvalue weighted by atomic mass is 16.3. The van der Waals surface area contributed by atoms with E-state index < -0.39 is 0 Å². The summed E-state index contributed by atoms with van der Waals surface area (Å²) in [6.07, 6.45) is 0. The van der Waals surface area contributed by atoms with Gasteiger partial charge in [0.15, 0.2) is 17.5 Å². The van der Waals surface area contributed by atoms with Gasteiger partial charge in [-0.15, -0.1) is 0 Å². The topological polar surface area (TPSA) is 51.8 Å². The molecule has 10 aromatic rings. The van der Waals surface area contributed by atoms with E-state index in [4.69, 9.17) is 19.4 Å². The van der Waals surface area contributed by atoms with E-state index in [0.29, 0.717) is 17.5 Å². The third-order valence-corrected chi connectivity index (χ3v) is 9.93. The lowest BCUT2D eigenvalue weighted by Gasteiger charge is -2.09. The molecule has 0 aliphatic rings. The van der Waals surface area contributed by atoms with Crippen LogP contribution in [0.3, 0.4) is 0 Å². The molecule has 0 unspecified atom stereocenters. The molecule has 0 fully saturated rings. The van der Waals surface area contributed by atoms with Crippen molar-refractivity contribution < 1.29 is 4.42 Å². The highest BCUT2D eigenvalue weighted by Gasteiger charge is 2.18. The summed E-state index contributed by atoms with van der Waals surface area (Å²) in [5.74, 6) is 1.86. The van der Waals surface area contributed by atoms with Crippen molar-refractivity contribution in [3.8, 4) is 67.5 Å². The first-order valence-electron chi connectivity index (χ1n) is 17.8. The van der Waals surface area contributed by atoms with Crippen molar-refractivity contribution >= 4 is 32.7 Å². The number of aromatic nitrogens is 3. The van der Waals surface area contributed by atoms with Gasteiger partial charge in [0.1, 0.15) is 11.2 Å². The molecule has 0 radical (unpaired) electrons. The van der Waals surface area contributed by atoms with Gasteiger partial charge in [0.2, 0.25) is 0 Å². The highest BCUT2D eigenvalue weighted by Crippen LogP contribution is 2.39. The lowest BCUT2D eigenvalue weighted by atomic mass is 9.96. The predicted octanol–water partition coefficient (Wildman–Crippen LogP) is 12.9. The van der Waals surface area contributed by atoms with Gasteiger partial charge in [0.25, 0.3) is 0 Å². The maximum Gasteiger partial charge on any atom is 0.164 e. The number of benzene rings is 8. The Balaban J connectivity index is 1.04. The van der Waals surface area contributed by atoms with Crippen LogP contribution in [-0.4, -0.2) is 15.0 Å². The Morgan fingerprint density at radius 1 is 0.302 bits per heavy atom. The highest BCUT2D eigenvalue weighted by molar-refractivity contribution is 6.12. The molecule has 4 nitrogen and oxygen atoms in total. The van der Waals surface area contributed by atoms with Crippen molar-refractivity contribution in [2.24, 2.45) is 0 Å². The van der Waals surface area contributed by atoms with Crippen molar-refractivity contribution in [2.75, 3.05) is 0 Å². The molecule has 8 aromatic carbocycles. The van der Waals surface area contributed by atoms with Gasteiger partial charge in [-0.25, -0.2) is 15.0 Å². The largest absolute Gasteiger partial charge is 0.456 e. The molecule has 0 saturated carbocycles. The van der Waals surface area contributed by atoms with E-state index in [0.717, 1.165) is 49.8 Å². The van der Waals surface area contributed by atoms with Gasteiger partial charge >= 0.3 is 0 Å². The summed E-state index contributed by atoms with van der Waals surface area (Å²) in [6.45, 7) is 0. The Labute approximate surface area is 306 Å². The van der Waals surface area contributed by atoms with Crippen molar-refractivity contribution in [1.29, 1.82) is 0 Å². The van der Waals surface area contributed by atoms with E-state index in [2.05, 4.69) is 115 Å². The van der Waals surface area contributed by atoms with Crippen LogP contribution in [0.2, 0.25) is 0 Å². The summed E-state index contributed by atoms with van der Waals surface area (Å²) in [4.78, 5) is 15.0. The predicted molar refractivity (Wildman–Crippen MR) is 217 cm³/mol. The third-order valence-electron chi connectivity index (χ3n) is 9.93. The third kappa shape index (κ3) is 5.73. The van der Waals surface area contributed by atoms with E-state index in [1.165, 1.54) is 33.0 Å². The maximum absolute atomic E-state index is 6.41. The molecule has 0 bridgehead atoms. The Hall–Kier alpha value is -7.17. The molecule has 0 saturated heterocycles. The first-order valence-corrected chi connectivity index (χ1v) is 17.8. The number of hydrogen-bond acceptors (Lipinski definition) is 4. The van der Waals surface area contributed by atoms with Gasteiger partial charge in [-0.05, 0) is 74.5 Å². The Bertz CT molecular complexity index is 2860. The summed E-state index contributed by atoms with van der Waals surface area (Å²) in [7, 11) is 0. The van der Waals surface area contributed by atoms with Crippen LogP contribution in [0.15, 0.2) is 192 Å². The lowest BCUT2D eigenvalue weighted by Crippen LogP contribution is -2.00. The number of rotatable bonds is 6. The molecular weight excluding hydrogens is 647 g/mol. The smallest absolute Gasteiger partial charge is 0.164 e. The quantitative estimate of drug-likeness (QED) is 0.176. The van der Waals surface area contributed by atoms with Crippen LogP contribution in [0.4, 0.5) is 0 Å². The van der Waals surface area contributed by atoms with E-state index in [1.54, 1.807) is 0 Å². The van der Waals surface area contributed by atoms with E-state index in [-0.39, 0.29) is 0 Å². The van der Waals surface area contributed by atoms with Crippen molar-refractivity contribution in [1.82, 2.24) is 15.0 Å². The van der Waals surface area contributed by atoms with Crippen LogP contribution in [0.25, 0.3) is 100 Å². The molecule has 0 N–H and O–H groups in total. The second kappa shape index (κ2) is 12.9. The molecule has 4 heteroatoms. The fraction of sp³-hybridized carbons (Fsp3) is 0. The Kier molecular flexibility index (Phi) is 7.43. The van der Waals surface area contributed by atoms with Crippen molar-refractivity contribution in [2.45, 2.75) is 0 Å². The minimum absolute atomic E-state index is 0.604. The zero-order valence-electron chi connectivity index (χ0n) is 28.6. The second-order valence-electron chi connectivity index (χ2n) is 13.3. The van der Waals surface area contributed by atoms with Gasteiger partial charge in [0.05, 0.1) is 0 Å². The summed E-state index contributed by atoms with van der Waals surface area (Å²) in [5.41, 5.74) is 11.4. The summed E-state index contributed by atoms with van der Waals surface area (Å²) >= 11 is 0. The van der Waals surface area contributed by atoms with Crippen LogP contribution in [0, 0.1) is 0 Å². The molecule has 0 aliphatic heterocycles. The molecule has 53 heavy (non-hydrogen) atoms. The lowest BCUT2D eigenvalue weighted by molar-refractivity contribution is 0.669. The maximum atomic E-state index is 6.41. The van der Waals surface area contributed by atoms with Crippen LogP contribution in [0.1, 0.15) is 0 Å². The first kappa shape index (κ1) is 30.6. The summed E-state index contributed by atoms with van der Waals surface area (Å²) < 4.78 is 6.41. The SMILES string of the molecule is c1ccc(-c2ccc3ccc(-c4ccc(-c5ccc6oc7cccc(-c8nc(-c9ccccc9)nc(-c9ccccc9)n8)c7c6c5)cc4)cc3c2)cc1. The van der Waals surface area contributed by atoms with Gasteiger partial charge in [0, 0.05) is 27.5 Å². The number of hydrogen-bond donors (Lipinski definition) is 0.